The molecule has 3 atom stereocenters. The summed E-state index contributed by atoms with van der Waals surface area (Å²) in [5, 5.41) is 3.20. The van der Waals surface area contributed by atoms with Gasteiger partial charge in [0.1, 0.15) is 0 Å². The largest absolute Gasteiger partial charge is 0.337 e. The van der Waals surface area contributed by atoms with Crippen LogP contribution in [0, 0.1) is 5.92 Å². The Bertz CT molecular complexity index is 407. The quantitative estimate of drug-likeness (QED) is 0.698. The van der Waals surface area contributed by atoms with Gasteiger partial charge in [0.25, 0.3) is 0 Å². The van der Waals surface area contributed by atoms with Gasteiger partial charge in [-0.25, -0.2) is 8.42 Å². The van der Waals surface area contributed by atoms with Crippen molar-refractivity contribution in [1.29, 1.82) is 0 Å². The van der Waals surface area contributed by atoms with E-state index in [0.717, 1.165) is 13.0 Å². The molecule has 2 heterocycles. The molecule has 2 aliphatic rings. The summed E-state index contributed by atoms with van der Waals surface area (Å²) in [5.74, 6) is 0.606. The lowest BCUT2D eigenvalue weighted by Gasteiger charge is -2.35. The van der Waals surface area contributed by atoms with Gasteiger partial charge in [0.15, 0.2) is 9.84 Å². The summed E-state index contributed by atoms with van der Waals surface area (Å²) in [6, 6.07) is -0.325. The normalized spacial score (nSPS) is 37.1. The zero-order valence-corrected chi connectivity index (χ0v) is 11.2. The van der Waals surface area contributed by atoms with Crippen LogP contribution < -0.4 is 5.32 Å². The van der Waals surface area contributed by atoms with E-state index in [-0.39, 0.29) is 29.5 Å². The maximum absolute atomic E-state index is 12.3. The number of hydrogen-bond acceptors (Lipinski definition) is 4. The van der Waals surface area contributed by atoms with Crippen molar-refractivity contribution in [2.75, 3.05) is 24.6 Å². The Balaban J connectivity index is 2.05. The van der Waals surface area contributed by atoms with Crippen molar-refractivity contribution >= 4 is 15.7 Å². The van der Waals surface area contributed by atoms with Crippen LogP contribution in [0.5, 0.6) is 0 Å². The maximum atomic E-state index is 12.3. The van der Waals surface area contributed by atoms with E-state index >= 15 is 0 Å². The summed E-state index contributed by atoms with van der Waals surface area (Å²) in [7, 11) is -2.95. The van der Waals surface area contributed by atoms with Crippen LogP contribution in [0.2, 0.25) is 0 Å². The Morgan fingerprint density at radius 3 is 2.59 bits per heavy atom. The third kappa shape index (κ3) is 2.63. The third-order valence-electron chi connectivity index (χ3n) is 3.75. The zero-order chi connectivity index (χ0) is 12.6. The molecule has 2 aliphatic heterocycles. The number of sulfone groups is 1. The minimum atomic E-state index is -2.95. The Hall–Kier alpha value is -0.620. The average molecular weight is 260 g/mol. The molecule has 0 aliphatic carbocycles. The fourth-order valence-electron chi connectivity index (χ4n) is 2.67. The van der Waals surface area contributed by atoms with Gasteiger partial charge < -0.3 is 10.2 Å². The predicted octanol–water partition coefficient (Wildman–Crippen LogP) is -0.370. The first-order chi connectivity index (χ1) is 7.91. The number of carbonyl (C=O) groups is 1. The predicted molar refractivity (Wildman–Crippen MR) is 65.4 cm³/mol. The average Bonchev–Trinajstić information content (AvgIpc) is 2.62. The second-order valence-electron chi connectivity index (χ2n) is 5.19. The molecule has 6 heteroatoms. The van der Waals surface area contributed by atoms with Crippen LogP contribution in [-0.2, 0) is 14.6 Å². The van der Waals surface area contributed by atoms with Gasteiger partial charge >= 0.3 is 0 Å². The highest BCUT2D eigenvalue weighted by Gasteiger charge is 2.37. The minimum Gasteiger partial charge on any atom is -0.337 e. The van der Waals surface area contributed by atoms with Gasteiger partial charge in [0, 0.05) is 12.6 Å². The molecular weight excluding hydrogens is 240 g/mol. The van der Waals surface area contributed by atoms with Crippen LogP contribution in [-0.4, -0.2) is 55.9 Å². The second kappa shape index (κ2) is 4.57. The molecule has 1 amide bonds. The van der Waals surface area contributed by atoms with E-state index in [4.69, 9.17) is 0 Å². The molecule has 0 saturated carbocycles. The molecule has 0 bridgehead atoms. The molecule has 2 rings (SSSR count). The van der Waals surface area contributed by atoms with Crippen LogP contribution in [0.15, 0.2) is 0 Å². The van der Waals surface area contributed by atoms with Crippen molar-refractivity contribution < 1.29 is 13.2 Å². The van der Waals surface area contributed by atoms with Crippen LogP contribution in [0.3, 0.4) is 0 Å². The van der Waals surface area contributed by atoms with Gasteiger partial charge in [0.05, 0.1) is 17.5 Å². The van der Waals surface area contributed by atoms with Crippen LogP contribution in [0.4, 0.5) is 0 Å². The summed E-state index contributed by atoms with van der Waals surface area (Å²) >= 11 is 0. The van der Waals surface area contributed by atoms with E-state index in [1.54, 1.807) is 4.90 Å². The zero-order valence-electron chi connectivity index (χ0n) is 10.3. The number of hydrogen-bond donors (Lipinski definition) is 1. The van der Waals surface area contributed by atoms with Crippen LogP contribution in [0.1, 0.15) is 20.3 Å². The molecule has 1 N–H and O–H groups in total. The molecule has 5 nitrogen and oxygen atoms in total. The first kappa shape index (κ1) is 12.8. The van der Waals surface area contributed by atoms with Crippen LogP contribution in [0.25, 0.3) is 0 Å². The van der Waals surface area contributed by atoms with Crippen molar-refractivity contribution in [2.24, 2.45) is 5.92 Å². The lowest BCUT2D eigenvalue weighted by molar-refractivity contribution is -0.135. The molecular formula is C11H20N2O3S. The Labute approximate surface area is 102 Å². The number of carbonyl (C=O) groups excluding carboxylic acids is 1. The molecule has 98 valence electrons. The fourth-order valence-corrected chi connectivity index (χ4v) is 4.23. The molecule has 17 heavy (non-hydrogen) atoms. The molecule has 2 fully saturated rings. The van der Waals surface area contributed by atoms with Crippen molar-refractivity contribution in [3.8, 4) is 0 Å². The highest BCUT2D eigenvalue weighted by atomic mass is 32.2. The molecule has 0 aromatic rings. The maximum Gasteiger partial charge on any atom is 0.240 e. The van der Waals surface area contributed by atoms with Crippen molar-refractivity contribution in [2.45, 2.75) is 32.4 Å². The summed E-state index contributed by atoms with van der Waals surface area (Å²) in [6.45, 7) is 5.09. The van der Waals surface area contributed by atoms with Gasteiger partial charge in [-0.3, -0.25) is 4.79 Å². The third-order valence-corrected chi connectivity index (χ3v) is 5.55. The fraction of sp³-hybridized carbons (Fsp3) is 0.909. The van der Waals surface area contributed by atoms with Gasteiger partial charge in [0.2, 0.25) is 5.91 Å². The Morgan fingerprint density at radius 1 is 1.35 bits per heavy atom. The lowest BCUT2D eigenvalue weighted by atomic mass is 10.0. The topological polar surface area (TPSA) is 66.5 Å². The summed E-state index contributed by atoms with van der Waals surface area (Å²) in [5.41, 5.74) is 0. The molecule has 0 spiro atoms. The van der Waals surface area contributed by atoms with Gasteiger partial charge in [-0.1, -0.05) is 6.92 Å². The molecule has 0 aromatic heterocycles. The van der Waals surface area contributed by atoms with E-state index in [1.165, 1.54) is 0 Å². The number of rotatable bonds is 1. The monoisotopic (exact) mass is 260 g/mol. The molecule has 0 radical (unpaired) electrons. The van der Waals surface area contributed by atoms with Crippen molar-refractivity contribution in [1.82, 2.24) is 10.2 Å². The van der Waals surface area contributed by atoms with Gasteiger partial charge in [-0.15, -0.1) is 0 Å². The summed E-state index contributed by atoms with van der Waals surface area (Å²) in [6.07, 6.45) is 1.01. The smallest absolute Gasteiger partial charge is 0.240 e. The van der Waals surface area contributed by atoms with Gasteiger partial charge in [-0.05, 0) is 25.8 Å². The van der Waals surface area contributed by atoms with E-state index in [9.17, 15) is 13.2 Å². The van der Waals surface area contributed by atoms with Crippen LogP contribution >= 0.6 is 0 Å². The minimum absolute atomic E-state index is 0.0670. The summed E-state index contributed by atoms with van der Waals surface area (Å²) < 4.78 is 22.9. The van der Waals surface area contributed by atoms with Crippen molar-refractivity contribution in [3.05, 3.63) is 0 Å². The summed E-state index contributed by atoms with van der Waals surface area (Å²) in [4.78, 5) is 14.0. The van der Waals surface area contributed by atoms with E-state index < -0.39 is 9.84 Å². The molecule has 3 unspecified atom stereocenters. The lowest BCUT2D eigenvalue weighted by Crippen LogP contribution is -2.55. The standard InChI is InChI=1S/C11H20N2O3S/c1-8-3-4-12-10(8)11(14)13-5-6-17(15,16)7-9(13)2/h8-10,12H,3-7H2,1-2H3. The second-order valence-corrected chi connectivity index (χ2v) is 7.42. The SMILES string of the molecule is CC1CCNC1C(=O)N1CCS(=O)(=O)CC1C. The first-order valence-corrected chi connectivity index (χ1v) is 7.97. The Kier molecular flexibility index (Phi) is 3.45. The van der Waals surface area contributed by atoms with E-state index in [0.29, 0.717) is 12.5 Å². The first-order valence-electron chi connectivity index (χ1n) is 6.15. The molecule has 2 saturated heterocycles. The highest BCUT2D eigenvalue weighted by Crippen LogP contribution is 2.20. The van der Waals surface area contributed by atoms with E-state index in [2.05, 4.69) is 12.2 Å². The number of nitrogens with one attached hydrogen (secondary N) is 1. The highest BCUT2D eigenvalue weighted by molar-refractivity contribution is 7.91. The molecule has 0 aromatic carbocycles. The van der Waals surface area contributed by atoms with Crippen molar-refractivity contribution in [3.63, 3.8) is 0 Å². The number of amides is 1. The van der Waals surface area contributed by atoms with E-state index in [1.807, 2.05) is 6.92 Å². The number of nitrogens with zero attached hydrogens (tertiary/aromatic N) is 1. The Morgan fingerprint density at radius 2 is 2.06 bits per heavy atom. The van der Waals surface area contributed by atoms with Gasteiger partial charge in [-0.2, -0.15) is 0 Å².